The molecular weight excluding hydrogens is 444 g/mol. The van der Waals surface area contributed by atoms with Gasteiger partial charge in [-0.25, -0.2) is 0 Å². The summed E-state index contributed by atoms with van der Waals surface area (Å²) in [5.41, 5.74) is 2.15. The van der Waals surface area contributed by atoms with Crippen LogP contribution in [0.15, 0.2) is 53.0 Å². The molecule has 0 aromatic heterocycles. The Morgan fingerprint density at radius 3 is 2.40 bits per heavy atom. The number of carbonyl (C=O) groups excluding carboxylic acids is 2. The third-order valence-corrected chi connectivity index (χ3v) is 5.36. The number of carbonyl (C=O) groups is 2. The summed E-state index contributed by atoms with van der Waals surface area (Å²) in [4.78, 5) is 27.1. The van der Waals surface area contributed by atoms with E-state index in [0.29, 0.717) is 24.8 Å². The lowest BCUT2D eigenvalue weighted by atomic mass is 10.0. The molecule has 2 aromatic carbocycles. The molecular formula is C24H31BrN2O3. The summed E-state index contributed by atoms with van der Waals surface area (Å²) in [6, 6.07) is 14.9. The topological polar surface area (TPSA) is 58.6 Å². The first-order valence-electron chi connectivity index (χ1n) is 10.4. The summed E-state index contributed by atoms with van der Waals surface area (Å²) in [5, 5.41) is 2.87. The summed E-state index contributed by atoms with van der Waals surface area (Å²) in [6.45, 7) is 8.79. The lowest BCUT2D eigenvalue weighted by Crippen LogP contribution is -2.49. The summed E-state index contributed by atoms with van der Waals surface area (Å²) in [7, 11) is 0. The molecule has 5 nitrogen and oxygen atoms in total. The fourth-order valence-electron chi connectivity index (χ4n) is 2.99. The molecule has 0 spiro atoms. The number of rotatable bonds is 10. The number of ether oxygens (including phenoxy) is 1. The fourth-order valence-corrected chi connectivity index (χ4v) is 3.43. The van der Waals surface area contributed by atoms with Gasteiger partial charge in [0.15, 0.2) is 6.61 Å². The van der Waals surface area contributed by atoms with Gasteiger partial charge in [0.1, 0.15) is 11.8 Å². The zero-order valence-electron chi connectivity index (χ0n) is 18.2. The lowest BCUT2D eigenvalue weighted by molar-refractivity contribution is -0.142. The highest BCUT2D eigenvalue weighted by Gasteiger charge is 2.26. The Morgan fingerprint density at radius 2 is 1.80 bits per heavy atom. The Kier molecular flexibility index (Phi) is 9.37. The maximum atomic E-state index is 13.0. The van der Waals surface area contributed by atoms with Gasteiger partial charge in [0.2, 0.25) is 5.91 Å². The van der Waals surface area contributed by atoms with Crippen molar-refractivity contribution in [1.82, 2.24) is 10.2 Å². The van der Waals surface area contributed by atoms with Crippen molar-refractivity contribution in [1.29, 1.82) is 0 Å². The molecule has 162 valence electrons. The van der Waals surface area contributed by atoms with Crippen LogP contribution in [0.1, 0.15) is 51.2 Å². The third kappa shape index (κ3) is 7.17. The summed E-state index contributed by atoms with van der Waals surface area (Å²) >= 11 is 3.46. The molecule has 1 N–H and O–H groups in total. The highest BCUT2D eigenvalue weighted by atomic mass is 79.9. The second-order valence-corrected chi connectivity index (χ2v) is 8.55. The van der Waals surface area contributed by atoms with Gasteiger partial charge in [-0.05, 0) is 54.7 Å². The van der Waals surface area contributed by atoms with Crippen LogP contribution in [0, 0.1) is 0 Å². The van der Waals surface area contributed by atoms with Crippen LogP contribution in [-0.2, 0) is 16.1 Å². The van der Waals surface area contributed by atoms with E-state index in [1.165, 1.54) is 5.56 Å². The minimum atomic E-state index is -0.602. The Bertz CT molecular complexity index is 837. The van der Waals surface area contributed by atoms with E-state index in [9.17, 15) is 9.59 Å². The van der Waals surface area contributed by atoms with Crippen molar-refractivity contribution in [3.8, 4) is 5.75 Å². The monoisotopic (exact) mass is 474 g/mol. The van der Waals surface area contributed by atoms with E-state index >= 15 is 0 Å². The molecule has 1 atom stereocenters. The van der Waals surface area contributed by atoms with Gasteiger partial charge in [-0.15, -0.1) is 0 Å². The lowest BCUT2D eigenvalue weighted by Gasteiger charge is -2.28. The minimum absolute atomic E-state index is 0.125. The highest BCUT2D eigenvalue weighted by molar-refractivity contribution is 9.10. The smallest absolute Gasteiger partial charge is 0.261 e. The molecule has 0 aliphatic rings. The number of hydrogen-bond acceptors (Lipinski definition) is 3. The Balaban J connectivity index is 2.11. The van der Waals surface area contributed by atoms with Crippen molar-refractivity contribution in [2.75, 3.05) is 13.2 Å². The summed E-state index contributed by atoms with van der Waals surface area (Å²) < 4.78 is 6.65. The molecule has 0 fully saturated rings. The summed E-state index contributed by atoms with van der Waals surface area (Å²) in [6.07, 6.45) is 0.841. The van der Waals surface area contributed by atoms with E-state index in [4.69, 9.17) is 4.74 Å². The SMILES string of the molecule is CCCNC(=O)C(C)N(Cc1cccc(Br)c1)C(=O)COc1ccc(C(C)C)cc1. The average molecular weight is 475 g/mol. The zero-order valence-corrected chi connectivity index (χ0v) is 19.7. The molecule has 0 aliphatic carbocycles. The van der Waals surface area contributed by atoms with Gasteiger partial charge in [-0.2, -0.15) is 0 Å². The zero-order chi connectivity index (χ0) is 22.1. The summed E-state index contributed by atoms with van der Waals surface area (Å²) in [5.74, 6) is 0.672. The first kappa shape index (κ1) is 23.9. The third-order valence-electron chi connectivity index (χ3n) is 4.87. The van der Waals surface area contributed by atoms with Gasteiger partial charge in [0, 0.05) is 17.6 Å². The standard InChI is InChI=1S/C24H31BrN2O3/c1-5-13-26-24(29)18(4)27(15-19-7-6-8-21(25)14-19)23(28)16-30-22-11-9-20(10-12-22)17(2)3/h6-12,14,17-18H,5,13,15-16H2,1-4H3,(H,26,29). The number of hydrogen-bond donors (Lipinski definition) is 1. The van der Waals surface area contributed by atoms with Crippen LogP contribution in [0.5, 0.6) is 5.75 Å². The first-order valence-corrected chi connectivity index (χ1v) is 11.2. The van der Waals surface area contributed by atoms with Crippen molar-refractivity contribution < 1.29 is 14.3 Å². The number of amides is 2. The Morgan fingerprint density at radius 1 is 1.10 bits per heavy atom. The number of benzene rings is 2. The minimum Gasteiger partial charge on any atom is -0.484 e. The quantitative estimate of drug-likeness (QED) is 0.532. The molecule has 0 aliphatic heterocycles. The second-order valence-electron chi connectivity index (χ2n) is 7.63. The molecule has 0 bridgehead atoms. The van der Waals surface area contributed by atoms with Gasteiger partial charge in [-0.1, -0.05) is 61.0 Å². The highest BCUT2D eigenvalue weighted by Crippen LogP contribution is 2.19. The molecule has 6 heteroatoms. The average Bonchev–Trinajstić information content (AvgIpc) is 2.74. The largest absolute Gasteiger partial charge is 0.484 e. The number of nitrogens with zero attached hydrogens (tertiary/aromatic N) is 1. The molecule has 1 unspecified atom stereocenters. The van der Waals surface area contributed by atoms with Crippen LogP contribution in [0.25, 0.3) is 0 Å². The van der Waals surface area contributed by atoms with Crippen LogP contribution in [-0.4, -0.2) is 35.9 Å². The maximum absolute atomic E-state index is 13.0. The molecule has 0 saturated carbocycles. The number of halogens is 1. The fraction of sp³-hybridized carbons (Fsp3) is 0.417. The van der Waals surface area contributed by atoms with Crippen molar-refractivity contribution in [3.63, 3.8) is 0 Å². The van der Waals surface area contributed by atoms with Crippen LogP contribution >= 0.6 is 15.9 Å². The van der Waals surface area contributed by atoms with Gasteiger partial charge in [-0.3, -0.25) is 9.59 Å². The van der Waals surface area contributed by atoms with E-state index in [-0.39, 0.29) is 18.4 Å². The Hall–Kier alpha value is -2.34. The maximum Gasteiger partial charge on any atom is 0.261 e. The number of nitrogens with one attached hydrogen (secondary N) is 1. The van der Waals surface area contributed by atoms with E-state index in [2.05, 4.69) is 35.1 Å². The van der Waals surface area contributed by atoms with Gasteiger partial charge < -0.3 is 15.0 Å². The van der Waals surface area contributed by atoms with Crippen LogP contribution < -0.4 is 10.1 Å². The molecule has 30 heavy (non-hydrogen) atoms. The van der Waals surface area contributed by atoms with Crippen molar-refractivity contribution >= 4 is 27.7 Å². The molecule has 0 radical (unpaired) electrons. The van der Waals surface area contributed by atoms with Crippen LogP contribution in [0.2, 0.25) is 0 Å². The molecule has 0 saturated heterocycles. The van der Waals surface area contributed by atoms with Gasteiger partial charge >= 0.3 is 0 Å². The molecule has 2 amide bonds. The van der Waals surface area contributed by atoms with Crippen LogP contribution in [0.4, 0.5) is 0 Å². The van der Waals surface area contributed by atoms with E-state index in [1.807, 2.05) is 55.5 Å². The van der Waals surface area contributed by atoms with Gasteiger partial charge in [0.05, 0.1) is 0 Å². The van der Waals surface area contributed by atoms with Crippen molar-refractivity contribution in [3.05, 3.63) is 64.1 Å². The van der Waals surface area contributed by atoms with Crippen molar-refractivity contribution in [2.45, 2.75) is 52.6 Å². The molecule has 2 aromatic rings. The predicted molar refractivity (Wildman–Crippen MR) is 123 cm³/mol. The second kappa shape index (κ2) is 11.7. The van der Waals surface area contributed by atoms with E-state index in [1.54, 1.807) is 11.8 Å². The molecule has 0 heterocycles. The Labute approximate surface area is 187 Å². The normalized spacial score (nSPS) is 11.8. The first-order chi connectivity index (χ1) is 14.3. The molecule has 2 rings (SSSR count). The predicted octanol–water partition coefficient (Wildman–Crippen LogP) is 4.89. The van der Waals surface area contributed by atoms with Crippen molar-refractivity contribution in [2.24, 2.45) is 0 Å². The van der Waals surface area contributed by atoms with Crippen LogP contribution in [0.3, 0.4) is 0 Å². The van der Waals surface area contributed by atoms with E-state index in [0.717, 1.165) is 16.5 Å². The van der Waals surface area contributed by atoms with Gasteiger partial charge in [0.25, 0.3) is 5.91 Å². The van der Waals surface area contributed by atoms with E-state index < -0.39 is 6.04 Å².